The summed E-state index contributed by atoms with van der Waals surface area (Å²) >= 11 is 0. The number of carbonyl (C=O) groups excluding carboxylic acids is 1. The van der Waals surface area contributed by atoms with Crippen molar-refractivity contribution in [3.05, 3.63) is 75.7 Å². The number of rotatable bonds is 5. The van der Waals surface area contributed by atoms with Gasteiger partial charge in [-0.05, 0) is 30.9 Å². The van der Waals surface area contributed by atoms with Gasteiger partial charge >= 0.3 is 0 Å². The summed E-state index contributed by atoms with van der Waals surface area (Å²) in [6.45, 7) is 2.54. The van der Waals surface area contributed by atoms with E-state index in [1.165, 1.54) is 10.2 Å². The number of aromatic nitrogens is 2. The number of hydrazone groups is 1. The Morgan fingerprint density at radius 2 is 1.86 bits per heavy atom. The van der Waals surface area contributed by atoms with Crippen molar-refractivity contribution in [1.82, 2.24) is 15.2 Å². The van der Waals surface area contributed by atoms with E-state index in [4.69, 9.17) is 0 Å². The summed E-state index contributed by atoms with van der Waals surface area (Å²) in [6, 6.07) is 15.2. The minimum Gasteiger partial charge on any atom is -0.267 e. The SMILES string of the molecule is CCCCn1nc(C(=O)N/N=C2/CCc3ccccc32)c2ccccc2c1=O. The molecule has 6 nitrogen and oxygen atoms in total. The number of amides is 1. The standard InChI is InChI=1S/C22H22N4O2/c1-2-3-14-26-22(28)18-11-7-6-10-17(18)20(25-26)21(27)24-23-19-13-12-15-8-4-5-9-16(15)19/h4-11H,2-3,12-14H2,1H3,(H,24,27)/b23-19-. The molecule has 4 rings (SSSR count). The van der Waals surface area contributed by atoms with Crippen molar-refractivity contribution in [2.45, 2.75) is 39.2 Å². The Labute approximate surface area is 162 Å². The van der Waals surface area contributed by atoms with Gasteiger partial charge in [-0.2, -0.15) is 10.2 Å². The van der Waals surface area contributed by atoms with Crippen LogP contribution in [-0.2, 0) is 13.0 Å². The van der Waals surface area contributed by atoms with E-state index in [9.17, 15) is 9.59 Å². The minimum atomic E-state index is -0.404. The van der Waals surface area contributed by atoms with Gasteiger partial charge in [0, 0.05) is 17.5 Å². The Bertz CT molecular complexity index is 1130. The number of nitrogens with zero attached hydrogens (tertiary/aromatic N) is 3. The second-order valence-corrected chi connectivity index (χ2v) is 6.93. The zero-order chi connectivity index (χ0) is 19.5. The third-order valence-corrected chi connectivity index (χ3v) is 5.06. The summed E-state index contributed by atoms with van der Waals surface area (Å²) in [6.07, 6.45) is 3.48. The maximum Gasteiger partial charge on any atom is 0.292 e. The first-order chi connectivity index (χ1) is 13.7. The minimum absolute atomic E-state index is 0.170. The lowest BCUT2D eigenvalue weighted by Gasteiger charge is -2.10. The Balaban J connectivity index is 1.68. The van der Waals surface area contributed by atoms with E-state index in [0.29, 0.717) is 17.3 Å². The molecule has 2 aromatic carbocycles. The molecule has 0 atom stereocenters. The fourth-order valence-electron chi connectivity index (χ4n) is 3.56. The smallest absolute Gasteiger partial charge is 0.267 e. The third kappa shape index (κ3) is 3.33. The second-order valence-electron chi connectivity index (χ2n) is 6.93. The van der Waals surface area contributed by atoms with Crippen LogP contribution in [0.4, 0.5) is 0 Å². The second kappa shape index (κ2) is 7.76. The van der Waals surface area contributed by atoms with Gasteiger partial charge in [0.05, 0.1) is 11.1 Å². The number of unbranched alkanes of at least 4 members (excludes halogenated alkanes) is 1. The summed E-state index contributed by atoms with van der Waals surface area (Å²) in [4.78, 5) is 25.5. The molecule has 1 aromatic heterocycles. The molecule has 0 saturated carbocycles. The van der Waals surface area contributed by atoms with Crippen LogP contribution in [0.5, 0.6) is 0 Å². The normalized spacial score (nSPS) is 14.4. The van der Waals surface area contributed by atoms with Crippen LogP contribution in [0.2, 0.25) is 0 Å². The van der Waals surface area contributed by atoms with Crippen LogP contribution in [0, 0.1) is 0 Å². The fraction of sp³-hybridized carbons (Fsp3) is 0.273. The lowest BCUT2D eigenvalue weighted by Crippen LogP contribution is -2.29. The van der Waals surface area contributed by atoms with E-state index in [0.717, 1.165) is 37.0 Å². The average Bonchev–Trinajstić information content (AvgIpc) is 3.15. The van der Waals surface area contributed by atoms with Crippen molar-refractivity contribution >= 4 is 22.4 Å². The molecule has 142 valence electrons. The molecule has 28 heavy (non-hydrogen) atoms. The molecule has 0 spiro atoms. The van der Waals surface area contributed by atoms with Gasteiger partial charge in [-0.3, -0.25) is 9.59 Å². The molecule has 6 heteroatoms. The van der Waals surface area contributed by atoms with E-state index in [2.05, 4.69) is 28.6 Å². The number of fused-ring (bicyclic) bond motifs is 2. The van der Waals surface area contributed by atoms with Crippen LogP contribution in [0.25, 0.3) is 10.8 Å². The Morgan fingerprint density at radius 3 is 2.68 bits per heavy atom. The monoisotopic (exact) mass is 374 g/mol. The van der Waals surface area contributed by atoms with Crippen LogP contribution in [0.3, 0.4) is 0 Å². The van der Waals surface area contributed by atoms with E-state index >= 15 is 0 Å². The zero-order valence-corrected chi connectivity index (χ0v) is 15.8. The summed E-state index contributed by atoms with van der Waals surface area (Å²) < 4.78 is 1.39. The Kier molecular flexibility index (Phi) is 5.02. The topological polar surface area (TPSA) is 76.3 Å². The number of carbonyl (C=O) groups is 1. The molecular weight excluding hydrogens is 352 g/mol. The summed E-state index contributed by atoms with van der Waals surface area (Å²) in [7, 11) is 0. The van der Waals surface area contributed by atoms with Crippen LogP contribution in [0.1, 0.15) is 47.8 Å². The first kappa shape index (κ1) is 18.1. The van der Waals surface area contributed by atoms with Crippen LogP contribution in [-0.4, -0.2) is 21.4 Å². The van der Waals surface area contributed by atoms with Crippen LogP contribution < -0.4 is 11.0 Å². The molecule has 1 aliphatic rings. The highest BCUT2D eigenvalue weighted by molar-refractivity contribution is 6.07. The maximum atomic E-state index is 12.9. The fourth-order valence-corrected chi connectivity index (χ4v) is 3.56. The zero-order valence-electron chi connectivity index (χ0n) is 15.8. The van der Waals surface area contributed by atoms with Gasteiger partial charge in [0.2, 0.25) is 0 Å². The van der Waals surface area contributed by atoms with Gasteiger partial charge in [0.25, 0.3) is 11.5 Å². The molecule has 1 N–H and O–H groups in total. The summed E-state index contributed by atoms with van der Waals surface area (Å²) in [5.41, 5.74) is 5.89. The highest BCUT2D eigenvalue weighted by Gasteiger charge is 2.19. The summed E-state index contributed by atoms with van der Waals surface area (Å²) in [5.74, 6) is -0.404. The third-order valence-electron chi connectivity index (χ3n) is 5.06. The van der Waals surface area contributed by atoms with Crippen molar-refractivity contribution in [3.63, 3.8) is 0 Å². The molecule has 0 saturated heterocycles. The molecule has 0 fully saturated rings. The number of aryl methyl sites for hydroxylation is 2. The lowest BCUT2D eigenvalue weighted by atomic mass is 10.1. The molecule has 0 unspecified atom stereocenters. The Hall–Kier alpha value is -3.28. The molecule has 0 aliphatic heterocycles. The van der Waals surface area contributed by atoms with Gasteiger partial charge in [-0.1, -0.05) is 55.8 Å². The lowest BCUT2D eigenvalue weighted by molar-refractivity contribution is 0.0949. The van der Waals surface area contributed by atoms with Crippen molar-refractivity contribution in [3.8, 4) is 0 Å². The number of hydrogen-bond acceptors (Lipinski definition) is 4. The van der Waals surface area contributed by atoms with Crippen molar-refractivity contribution < 1.29 is 4.79 Å². The average molecular weight is 374 g/mol. The van der Waals surface area contributed by atoms with E-state index in [1.54, 1.807) is 24.3 Å². The van der Waals surface area contributed by atoms with Crippen molar-refractivity contribution in [2.75, 3.05) is 0 Å². The summed E-state index contributed by atoms with van der Waals surface area (Å²) in [5, 5.41) is 9.75. The van der Waals surface area contributed by atoms with E-state index < -0.39 is 5.91 Å². The Morgan fingerprint density at radius 1 is 1.11 bits per heavy atom. The largest absolute Gasteiger partial charge is 0.292 e. The number of nitrogens with one attached hydrogen (secondary N) is 1. The first-order valence-electron chi connectivity index (χ1n) is 9.64. The predicted molar refractivity (Wildman–Crippen MR) is 110 cm³/mol. The van der Waals surface area contributed by atoms with Crippen molar-refractivity contribution in [2.24, 2.45) is 5.10 Å². The number of benzene rings is 2. The molecule has 1 heterocycles. The quantitative estimate of drug-likeness (QED) is 0.696. The predicted octanol–water partition coefficient (Wildman–Crippen LogP) is 3.28. The molecule has 1 aliphatic carbocycles. The van der Waals surface area contributed by atoms with Crippen LogP contribution in [0.15, 0.2) is 58.4 Å². The van der Waals surface area contributed by atoms with Crippen molar-refractivity contribution in [1.29, 1.82) is 0 Å². The van der Waals surface area contributed by atoms with E-state index in [-0.39, 0.29) is 11.3 Å². The van der Waals surface area contributed by atoms with E-state index in [1.807, 2.05) is 18.2 Å². The van der Waals surface area contributed by atoms with Gasteiger partial charge in [-0.25, -0.2) is 10.1 Å². The molecule has 0 bridgehead atoms. The molecule has 0 radical (unpaired) electrons. The van der Waals surface area contributed by atoms with Gasteiger partial charge < -0.3 is 0 Å². The first-order valence-corrected chi connectivity index (χ1v) is 9.64. The maximum absolute atomic E-state index is 12.9. The van der Waals surface area contributed by atoms with Gasteiger partial charge in [0.15, 0.2) is 5.69 Å². The molecule has 3 aromatic rings. The molecule has 1 amide bonds. The highest BCUT2D eigenvalue weighted by Crippen LogP contribution is 2.22. The van der Waals surface area contributed by atoms with Gasteiger partial charge in [-0.15, -0.1) is 0 Å². The molecular formula is C22H22N4O2. The van der Waals surface area contributed by atoms with Crippen LogP contribution >= 0.6 is 0 Å². The highest BCUT2D eigenvalue weighted by atomic mass is 16.2. The van der Waals surface area contributed by atoms with Gasteiger partial charge in [0.1, 0.15) is 0 Å². The number of hydrogen-bond donors (Lipinski definition) is 1.